The van der Waals surface area contributed by atoms with Gasteiger partial charge in [0.15, 0.2) is 0 Å². The maximum absolute atomic E-state index is 14.5. The number of benzene rings is 2. The summed E-state index contributed by atoms with van der Waals surface area (Å²) in [6.45, 7) is 17.4. The van der Waals surface area contributed by atoms with Crippen LogP contribution in [0.2, 0.25) is 0 Å². The first kappa shape index (κ1) is 51.8. The van der Waals surface area contributed by atoms with Gasteiger partial charge in [-0.3, -0.25) is 24.1 Å². The van der Waals surface area contributed by atoms with Gasteiger partial charge in [0.05, 0.1) is 48.8 Å². The number of rotatable bonds is 22. The van der Waals surface area contributed by atoms with E-state index in [4.69, 9.17) is 14.2 Å². The van der Waals surface area contributed by atoms with Crippen LogP contribution < -0.4 is 10.6 Å². The van der Waals surface area contributed by atoms with E-state index in [0.717, 1.165) is 17.5 Å². The number of likely N-dealkylation sites (N-methyl/N-ethyl adjacent to an activating group) is 2. The van der Waals surface area contributed by atoms with Gasteiger partial charge in [0.2, 0.25) is 23.6 Å². The van der Waals surface area contributed by atoms with Gasteiger partial charge in [-0.15, -0.1) is 0 Å². The van der Waals surface area contributed by atoms with Crippen molar-refractivity contribution in [2.24, 2.45) is 23.7 Å². The molecule has 346 valence electrons. The number of hydrogen-bond acceptors (Lipinski definition) is 9. The van der Waals surface area contributed by atoms with Crippen molar-refractivity contribution in [1.29, 1.82) is 0 Å². The Morgan fingerprint density at radius 3 is 2.02 bits per heavy atom. The topological polar surface area (TPSA) is 167 Å². The number of carbonyl (C=O) groups is 5. The Bertz CT molecular complexity index is 1740. The Labute approximate surface area is 370 Å². The third kappa shape index (κ3) is 13.5. The van der Waals surface area contributed by atoms with Crippen LogP contribution >= 0.6 is 0 Å². The number of likely N-dealkylation sites (tertiary alicyclic amines) is 1. The van der Waals surface area contributed by atoms with Gasteiger partial charge in [0, 0.05) is 34.9 Å². The molecule has 1 saturated heterocycles. The molecule has 10 atom stereocenters. The van der Waals surface area contributed by atoms with Crippen LogP contribution in [0.3, 0.4) is 0 Å². The van der Waals surface area contributed by atoms with E-state index in [1.165, 1.54) is 19.1 Å². The summed E-state index contributed by atoms with van der Waals surface area (Å²) in [6.07, 6.45) is -0.844. The van der Waals surface area contributed by atoms with Crippen LogP contribution in [0.25, 0.3) is 0 Å². The molecule has 62 heavy (non-hydrogen) atoms. The third-order valence-corrected chi connectivity index (χ3v) is 12.6. The molecule has 0 aromatic heterocycles. The Kier molecular flexibility index (Phi) is 20.4. The molecule has 14 nitrogen and oxygen atoms in total. The van der Waals surface area contributed by atoms with Crippen molar-refractivity contribution in [2.75, 3.05) is 34.9 Å². The predicted octanol–water partition coefficient (Wildman–Crippen LogP) is 5.89. The molecule has 1 heterocycles. The standard InChI is InChI=1S/C48H75N5O9/c1-14-32(7)42(51(10)47(58)40(29(2)3)50-46(57)41(30(4)5)52(11)48(59)62-28-35-24-22-31(6)23-25-35)38(60-12)27-39(54)53-26-18-21-37(53)44(61-13)33(8)45(56)49-34(9)43(55)36-19-16-15-17-20-36/h15-17,19-20,22-25,29-30,32-34,37-38,40-44,55H,14,18,21,26-28H2,1-13H3,(H,49,56)(H,50,57)/t32?,33-,34-,37+,38-,40+,41+,42+,43-,44-/m1/s1. The molecule has 1 aliphatic heterocycles. The monoisotopic (exact) mass is 866 g/mol. The Hall–Kier alpha value is -4.53. The highest BCUT2D eigenvalue weighted by atomic mass is 16.6. The van der Waals surface area contributed by atoms with E-state index in [0.29, 0.717) is 24.9 Å². The van der Waals surface area contributed by atoms with Crippen LogP contribution in [0.4, 0.5) is 4.79 Å². The smallest absolute Gasteiger partial charge is 0.410 e. The number of aliphatic hydroxyl groups excluding tert-OH is 1. The maximum Gasteiger partial charge on any atom is 0.410 e. The van der Waals surface area contributed by atoms with E-state index in [1.54, 1.807) is 37.8 Å². The number of carbonyl (C=O) groups excluding carboxylic acids is 5. The maximum atomic E-state index is 14.5. The highest BCUT2D eigenvalue weighted by Gasteiger charge is 2.43. The molecule has 2 aromatic rings. The SMILES string of the molecule is CCC(C)[C@@H]([C@@H](CC(=O)N1CCC[C@H]1[C@H](OC)[C@@H](C)C(=O)N[C@H](C)[C@@H](O)c1ccccc1)OC)N(C)C(=O)[C@@H](NC(=O)[C@H](C(C)C)N(C)C(=O)OCc1ccc(C)cc1)C(C)C. The van der Waals surface area contributed by atoms with E-state index in [-0.39, 0.29) is 54.5 Å². The molecule has 2 aromatic carbocycles. The van der Waals surface area contributed by atoms with Crippen molar-refractivity contribution in [3.8, 4) is 0 Å². The van der Waals surface area contributed by atoms with Gasteiger partial charge in [-0.25, -0.2) is 4.79 Å². The number of amides is 5. The van der Waals surface area contributed by atoms with Crippen LogP contribution in [0.1, 0.15) is 104 Å². The predicted molar refractivity (Wildman–Crippen MR) is 240 cm³/mol. The second-order valence-corrected chi connectivity index (χ2v) is 17.8. The normalized spacial score (nSPS) is 18.5. The summed E-state index contributed by atoms with van der Waals surface area (Å²) in [4.78, 5) is 74.3. The van der Waals surface area contributed by atoms with Gasteiger partial charge in [0.25, 0.3) is 0 Å². The first-order valence-electron chi connectivity index (χ1n) is 22.2. The lowest BCUT2D eigenvalue weighted by atomic mass is 9.89. The molecular weight excluding hydrogens is 791 g/mol. The molecule has 0 spiro atoms. The first-order chi connectivity index (χ1) is 29.3. The molecule has 1 unspecified atom stereocenters. The van der Waals surface area contributed by atoms with Gasteiger partial charge in [-0.05, 0) is 55.6 Å². The van der Waals surface area contributed by atoms with Gasteiger partial charge in [0.1, 0.15) is 18.7 Å². The van der Waals surface area contributed by atoms with Crippen LogP contribution in [-0.4, -0.2) is 127 Å². The Morgan fingerprint density at radius 1 is 0.839 bits per heavy atom. The lowest BCUT2D eigenvalue weighted by molar-refractivity contribution is -0.148. The highest BCUT2D eigenvalue weighted by Crippen LogP contribution is 2.30. The summed E-state index contributed by atoms with van der Waals surface area (Å²) in [6, 6.07) is 13.4. The average molecular weight is 866 g/mol. The fourth-order valence-electron chi connectivity index (χ4n) is 8.62. The van der Waals surface area contributed by atoms with E-state index in [9.17, 15) is 29.1 Å². The minimum atomic E-state index is -0.944. The minimum absolute atomic E-state index is 0.0272. The zero-order valence-corrected chi connectivity index (χ0v) is 39.4. The second-order valence-electron chi connectivity index (χ2n) is 17.8. The Morgan fingerprint density at radius 2 is 1.47 bits per heavy atom. The number of ether oxygens (including phenoxy) is 3. The fraction of sp³-hybridized carbons (Fsp3) is 0.646. The molecule has 14 heteroatoms. The molecule has 1 aliphatic rings. The summed E-state index contributed by atoms with van der Waals surface area (Å²) in [5.74, 6) is -2.65. The summed E-state index contributed by atoms with van der Waals surface area (Å²) in [7, 11) is 6.28. The van der Waals surface area contributed by atoms with E-state index in [1.807, 2.05) is 103 Å². The van der Waals surface area contributed by atoms with Crippen molar-refractivity contribution >= 4 is 29.7 Å². The molecule has 0 bridgehead atoms. The lowest BCUT2D eigenvalue weighted by Crippen LogP contribution is -2.60. The van der Waals surface area contributed by atoms with Crippen molar-refractivity contribution in [2.45, 2.75) is 143 Å². The van der Waals surface area contributed by atoms with Crippen LogP contribution in [-0.2, 0) is 40.0 Å². The number of nitrogens with one attached hydrogen (secondary N) is 2. The molecule has 3 rings (SSSR count). The summed E-state index contributed by atoms with van der Waals surface area (Å²) >= 11 is 0. The minimum Gasteiger partial charge on any atom is -0.445 e. The molecule has 0 aliphatic carbocycles. The summed E-state index contributed by atoms with van der Waals surface area (Å²) in [5.41, 5.74) is 2.61. The van der Waals surface area contributed by atoms with Crippen LogP contribution in [0.15, 0.2) is 54.6 Å². The van der Waals surface area contributed by atoms with E-state index >= 15 is 0 Å². The lowest BCUT2D eigenvalue weighted by Gasteiger charge is -2.41. The molecular formula is C48H75N5O9. The number of aliphatic hydroxyl groups is 1. The van der Waals surface area contributed by atoms with E-state index in [2.05, 4.69) is 10.6 Å². The van der Waals surface area contributed by atoms with Gasteiger partial charge < -0.3 is 39.8 Å². The largest absolute Gasteiger partial charge is 0.445 e. The van der Waals surface area contributed by atoms with E-state index < -0.39 is 60.4 Å². The van der Waals surface area contributed by atoms with Crippen LogP contribution in [0, 0.1) is 30.6 Å². The first-order valence-corrected chi connectivity index (χ1v) is 22.2. The number of nitrogens with zero attached hydrogens (tertiary/aromatic N) is 3. The van der Waals surface area contributed by atoms with Crippen molar-refractivity contribution in [3.05, 3.63) is 71.3 Å². The highest BCUT2D eigenvalue weighted by molar-refractivity contribution is 5.91. The van der Waals surface area contributed by atoms with Gasteiger partial charge >= 0.3 is 6.09 Å². The molecule has 0 saturated carbocycles. The zero-order valence-electron chi connectivity index (χ0n) is 39.4. The number of hydrogen-bond donors (Lipinski definition) is 3. The zero-order chi connectivity index (χ0) is 46.4. The summed E-state index contributed by atoms with van der Waals surface area (Å²) < 4.78 is 17.6. The average Bonchev–Trinajstić information content (AvgIpc) is 3.74. The van der Waals surface area contributed by atoms with Crippen molar-refractivity contribution in [1.82, 2.24) is 25.3 Å². The summed E-state index contributed by atoms with van der Waals surface area (Å²) in [5, 5.41) is 16.8. The second kappa shape index (κ2) is 24.4. The van der Waals surface area contributed by atoms with Gasteiger partial charge in [-0.2, -0.15) is 0 Å². The number of aryl methyl sites for hydroxylation is 1. The molecule has 5 amide bonds. The number of methoxy groups -OCH3 is 2. The van der Waals surface area contributed by atoms with Crippen molar-refractivity contribution < 1.29 is 43.3 Å². The Balaban J connectivity index is 1.75. The van der Waals surface area contributed by atoms with Crippen LogP contribution in [0.5, 0.6) is 0 Å². The molecule has 1 fully saturated rings. The van der Waals surface area contributed by atoms with Gasteiger partial charge in [-0.1, -0.05) is 115 Å². The molecule has 3 N–H and O–H groups in total. The quantitative estimate of drug-likeness (QED) is 0.131. The third-order valence-electron chi connectivity index (χ3n) is 12.6. The fourth-order valence-corrected chi connectivity index (χ4v) is 8.62. The van der Waals surface area contributed by atoms with Crippen molar-refractivity contribution in [3.63, 3.8) is 0 Å². The molecule has 0 radical (unpaired) electrons.